The number of non-ortho nitro benzene ring substituents is 1. The van der Waals surface area contributed by atoms with Crippen molar-refractivity contribution in [2.45, 2.75) is 87.9 Å². The number of hydrogen-bond acceptors (Lipinski definition) is 13. The number of Topliss-reactive ketones (excluding diaryl/α,β-unsaturated/α-hetero) is 1. The number of nitrogens with two attached hydrogens (primary N) is 1. The Balaban J connectivity index is 0.000000169. The van der Waals surface area contributed by atoms with Crippen molar-refractivity contribution in [3.05, 3.63) is 166 Å². The Kier molecular flexibility index (Phi) is 18.7. The standard InChI is InChI=1S/C29H38N4O4S.C15H18N4O2.C15H20N4/c1-21-16-27(37-5)17-22(2)29(21)38(35,36)32(4)13-12-26(34)18-23-6-8-25(9-7-23)33-14-10-24(11-15-33)28-19-31(3)20-30-28;1-17-10-15(16-11-17)12-6-8-18(9-7-12)13-2-4-14(5-3-13)19(20)21;1-18-10-15(17-11-18)12-6-8-19(9-7-12)14-4-2-13(16)3-5-14/h6-9,16-17,19-20,24H,10-15,18H2,1-5H3;2-5,10-12H,6-9H2,1H3;2-5,10-12H,6-9,16H2,1H3. The van der Waals surface area contributed by atoms with Crippen molar-refractivity contribution in [3.63, 3.8) is 0 Å². The summed E-state index contributed by atoms with van der Waals surface area (Å²) in [4.78, 5) is 43.8. The van der Waals surface area contributed by atoms with Crippen LogP contribution in [-0.2, 0) is 42.4 Å². The van der Waals surface area contributed by atoms with Crippen LogP contribution in [0, 0.1) is 24.0 Å². The Morgan fingerprint density at radius 1 is 0.654 bits per heavy atom. The summed E-state index contributed by atoms with van der Waals surface area (Å²) >= 11 is 0. The molecule has 3 aromatic heterocycles. The van der Waals surface area contributed by atoms with Crippen molar-refractivity contribution in [1.29, 1.82) is 0 Å². The van der Waals surface area contributed by atoms with Crippen LogP contribution in [0.15, 0.2) is 127 Å². The van der Waals surface area contributed by atoms with Crippen LogP contribution < -0.4 is 25.2 Å². The number of nitrogen functional groups attached to an aromatic ring is 1. The Bertz CT molecular complexity index is 3160. The molecule has 0 saturated carbocycles. The van der Waals surface area contributed by atoms with Crippen molar-refractivity contribution in [2.75, 3.05) is 80.4 Å². The summed E-state index contributed by atoms with van der Waals surface area (Å²) in [5.74, 6) is 2.26. The number of nitro benzene ring substituents is 1. The smallest absolute Gasteiger partial charge is 0.269 e. The Morgan fingerprint density at radius 3 is 1.37 bits per heavy atom. The van der Waals surface area contributed by atoms with Gasteiger partial charge in [0.1, 0.15) is 11.5 Å². The quantitative estimate of drug-likeness (QED) is 0.0580. The lowest BCUT2D eigenvalue weighted by molar-refractivity contribution is -0.384. The van der Waals surface area contributed by atoms with E-state index in [0.29, 0.717) is 34.6 Å². The van der Waals surface area contributed by atoms with Gasteiger partial charge in [-0.3, -0.25) is 14.9 Å². The number of aromatic nitrogens is 6. The number of ketones is 1. The second-order valence-corrected chi connectivity index (χ2v) is 23.1. The first kappa shape index (κ1) is 56.7. The molecule has 6 heterocycles. The monoisotopic (exact) mass is 1080 g/mol. The molecule has 18 nitrogen and oxygen atoms in total. The molecule has 3 fully saturated rings. The normalized spacial score (nSPS) is 15.6. The number of rotatable bonds is 15. The number of carbonyl (C=O) groups is 1. The second kappa shape index (κ2) is 25.8. The molecule has 78 heavy (non-hydrogen) atoms. The zero-order chi connectivity index (χ0) is 55.5. The van der Waals surface area contributed by atoms with Gasteiger partial charge in [0.25, 0.3) is 5.69 Å². The van der Waals surface area contributed by atoms with Crippen LogP contribution in [0.1, 0.15) is 96.5 Å². The summed E-state index contributed by atoms with van der Waals surface area (Å²) in [6, 6.07) is 26.6. The van der Waals surface area contributed by atoms with Crippen LogP contribution in [0.2, 0.25) is 0 Å². The number of benzene rings is 4. The first-order chi connectivity index (χ1) is 37.4. The third-order valence-corrected chi connectivity index (χ3v) is 17.5. The molecule has 0 radical (unpaired) electrons. The minimum atomic E-state index is -3.72. The number of anilines is 4. The van der Waals surface area contributed by atoms with Crippen LogP contribution >= 0.6 is 0 Å². The van der Waals surface area contributed by atoms with Gasteiger partial charge in [-0.1, -0.05) is 12.1 Å². The lowest BCUT2D eigenvalue weighted by Crippen LogP contribution is -2.32. The van der Waals surface area contributed by atoms with Gasteiger partial charge in [0, 0.05) is 158 Å². The fourth-order valence-electron chi connectivity index (χ4n) is 10.8. The number of aryl methyl sites for hydroxylation is 5. The van der Waals surface area contributed by atoms with Gasteiger partial charge >= 0.3 is 0 Å². The zero-order valence-corrected chi connectivity index (χ0v) is 47.1. The average molecular weight is 1080 g/mol. The summed E-state index contributed by atoms with van der Waals surface area (Å²) in [6.45, 7) is 9.70. The number of imidazole rings is 3. The highest BCUT2D eigenvalue weighted by molar-refractivity contribution is 7.89. The Hall–Kier alpha value is -7.51. The fraction of sp³-hybridized carbons (Fsp3) is 0.424. The molecule has 0 unspecified atom stereocenters. The summed E-state index contributed by atoms with van der Waals surface area (Å²) in [6.07, 6.45) is 19.0. The van der Waals surface area contributed by atoms with Gasteiger partial charge in [0.2, 0.25) is 10.0 Å². The zero-order valence-electron chi connectivity index (χ0n) is 46.2. The van der Waals surface area contributed by atoms with Crippen LogP contribution in [0.3, 0.4) is 0 Å². The maximum atomic E-state index is 13.2. The van der Waals surface area contributed by atoms with Gasteiger partial charge in [-0.15, -0.1) is 0 Å². The van der Waals surface area contributed by atoms with Crippen molar-refractivity contribution >= 4 is 44.2 Å². The number of hydrogen-bond donors (Lipinski definition) is 1. The van der Waals surface area contributed by atoms with Gasteiger partial charge in [-0.2, -0.15) is 0 Å². The van der Waals surface area contributed by atoms with E-state index < -0.39 is 10.0 Å². The predicted octanol–water partition coefficient (Wildman–Crippen LogP) is 9.35. The highest BCUT2D eigenvalue weighted by Gasteiger charge is 2.28. The molecular weight excluding hydrogens is 1000 g/mol. The van der Waals surface area contributed by atoms with Gasteiger partial charge in [0.15, 0.2) is 0 Å². The maximum Gasteiger partial charge on any atom is 0.269 e. The van der Waals surface area contributed by atoms with E-state index in [4.69, 9.17) is 10.5 Å². The molecule has 414 valence electrons. The summed E-state index contributed by atoms with van der Waals surface area (Å²) in [5, 5.41) is 10.7. The van der Waals surface area contributed by atoms with Crippen molar-refractivity contribution in [1.82, 2.24) is 33.0 Å². The molecule has 0 bridgehead atoms. The van der Waals surface area contributed by atoms with Crippen molar-refractivity contribution in [2.24, 2.45) is 21.1 Å². The molecule has 2 N–H and O–H groups in total. The average Bonchev–Trinajstić information content (AvgIpc) is 4.23. The SMILES string of the molecule is COc1cc(C)c(S(=O)(=O)N(C)CCC(=O)Cc2ccc(N3CCC(c4cn(C)cn4)CC3)cc2)c(C)c1.Cn1cnc(C2CCN(c3ccc(N)cc3)CC2)c1.Cn1cnc(C2CCN(c3ccc([N+](=O)[O-])cc3)CC2)c1. The lowest BCUT2D eigenvalue weighted by Gasteiger charge is -2.33. The van der Waals surface area contributed by atoms with E-state index in [1.807, 2.05) is 90.2 Å². The number of carbonyl (C=O) groups excluding carboxylic acids is 1. The molecule has 4 aromatic carbocycles. The van der Waals surface area contributed by atoms with E-state index in [-0.39, 0.29) is 40.7 Å². The van der Waals surface area contributed by atoms with Gasteiger partial charge in [0.05, 0.1) is 53.0 Å². The van der Waals surface area contributed by atoms with Crippen LogP contribution in [0.25, 0.3) is 0 Å². The van der Waals surface area contributed by atoms with E-state index >= 15 is 0 Å². The molecule has 0 spiro atoms. The third-order valence-electron chi connectivity index (χ3n) is 15.3. The van der Waals surface area contributed by atoms with E-state index in [1.54, 1.807) is 45.2 Å². The number of sulfonamides is 1. The second-order valence-electron chi connectivity index (χ2n) is 21.1. The fourth-order valence-corrected chi connectivity index (χ4v) is 12.4. The Labute approximate surface area is 459 Å². The molecule has 10 rings (SSSR count). The molecule has 3 saturated heterocycles. The largest absolute Gasteiger partial charge is 0.497 e. The molecule has 0 atom stereocenters. The molecular formula is C59H76N12O6S. The van der Waals surface area contributed by atoms with E-state index in [0.717, 1.165) is 87.6 Å². The summed E-state index contributed by atoms with van der Waals surface area (Å²) in [5.41, 5.74) is 16.0. The lowest BCUT2D eigenvalue weighted by atomic mass is 9.93. The predicted molar refractivity (Wildman–Crippen MR) is 308 cm³/mol. The van der Waals surface area contributed by atoms with Crippen molar-refractivity contribution < 1.29 is 22.9 Å². The summed E-state index contributed by atoms with van der Waals surface area (Å²) < 4.78 is 38.9. The number of methoxy groups -OCH3 is 1. The topological polar surface area (TPSA) is 196 Å². The van der Waals surface area contributed by atoms with Crippen LogP contribution in [0.5, 0.6) is 5.75 Å². The van der Waals surface area contributed by atoms with Crippen LogP contribution in [0.4, 0.5) is 28.4 Å². The molecule has 3 aliphatic heterocycles. The molecule has 0 aliphatic carbocycles. The maximum absolute atomic E-state index is 13.2. The number of nitrogens with zero attached hydrogens (tertiary/aromatic N) is 11. The van der Waals surface area contributed by atoms with E-state index in [2.05, 4.69) is 72.5 Å². The summed E-state index contributed by atoms with van der Waals surface area (Å²) in [7, 11) is 5.38. The van der Waals surface area contributed by atoms with E-state index in [1.165, 1.54) is 47.0 Å². The highest BCUT2D eigenvalue weighted by atomic mass is 32.2. The Morgan fingerprint density at radius 2 is 1.03 bits per heavy atom. The van der Waals surface area contributed by atoms with Gasteiger partial charge in [-0.25, -0.2) is 27.7 Å². The first-order valence-corrected chi connectivity index (χ1v) is 28.4. The molecule has 7 aromatic rings. The van der Waals surface area contributed by atoms with Gasteiger partial charge in [-0.05, 0) is 130 Å². The van der Waals surface area contributed by atoms with Gasteiger partial charge < -0.3 is 38.9 Å². The minimum absolute atomic E-state index is 0.0131. The number of nitro groups is 1. The number of piperidine rings is 3. The molecule has 0 amide bonds. The third kappa shape index (κ3) is 14.5. The minimum Gasteiger partial charge on any atom is -0.497 e. The van der Waals surface area contributed by atoms with Crippen molar-refractivity contribution in [3.8, 4) is 5.75 Å². The highest BCUT2D eigenvalue weighted by Crippen LogP contribution is 2.33. The number of ether oxygens (including phenoxy) is 1. The van der Waals surface area contributed by atoms with E-state index in [9.17, 15) is 23.3 Å². The molecule has 3 aliphatic rings. The van der Waals surface area contributed by atoms with Crippen LogP contribution in [-0.4, -0.2) is 112 Å². The molecule has 19 heteroatoms. The first-order valence-electron chi connectivity index (χ1n) is 26.9.